The number of amides is 1. The first-order valence-electron chi connectivity index (χ1n) is 8.19. The molecule has 0 aliphatic carbocycles. The van der Waals surface area contributed by atoms with Crippen LogP contribution in [-0.2, 0) is 16.0 Å². The number of carbonyl (C=O) groups excluding carboxylic acids is 1. The predicted molar refractivity (Wildman–Crippen MR) is 107 cm³/mol. The third-order valence-electron chi connectivity index (χ3n) is 4.19. The van der Waals surface area contributed by atoms with E-state index < -0.39 is 0 Å². The molecule has 1 aliphatic rings. The van der Waals surface area contributed by atoms with E-state index >= 15 is 0 Å². The van der Waals surface area contributed by atoms with Crippen LogP contribution in [0.2, 0.25) is 0 Å². The highest BCUT2D eigenvalue weighted by molar-refractivity contribution is 9.10. The van der Waals surface area contributed by atoms with Crippen molar-refractivity contribution in [1.29, 1.82) is 0 Å². The van der Waals surface area contributed by atoms with Crippen molar-refractivity contribution in [3.8, 4) is 0 Å². The van der Waals surface area contributed by atoms with Crippen molar-refractivity contribution in [3.05, 3.63) is 45.1 Å². The molecule has 2 aromatic heterocycles. The number of aromatic nitrogens is 1. The number of ether oxygens (including phenoxy) is 1. The molecule has 0 N–H and O–H groups in total. The maximum Gasteiger partial charge on any atom is 0.234 e. The molecule has 1 unspecified atom stereocenters. The van der Waals surface area contributed by atoms with Crippen LogP contribution in [0.15, 0.2) is 40.2 Å². The number of fused-ring (bicyclic) bond motifs is 1. The first kappa shape index (κ1) is 17.1. The summed E-state index contributed by atoms with van der Waals surface area (Å²) in [5, 5.41) is 2.76. The van der Waals surface area contributed by atoms with Crippen LogP contribution in [0.1, 0.15) is 17.7 Å². The van der Waals surface area contributed by atoms with Gasteiger partial charge in [-0.25, -0.2) is 4.98 Å². The van der Waals surface area contributed by atoms with E-state index in [1.54, 1.807) is 22.7 Å². The average molecular weight is 437 g/mol. The SMILES string of the molecule is O=C(Cc1cccs1)N(CC1CCCO1)c1nc2ccc(Br)cc2s1. The zero-order valence-electron chi connectivity index (χ0n) is 13.5. The van der Waals surface area contributed by atoms with Crippen molar-refractivity contribution in [1.82, 2.24) is 4.98 Å². The molecule has 25 heavy (non-hydrogen) atoms. The standard InChI is InChI=1S/C18H17BrN2O2S2/c19-12-5-6-15-16(9-12)25-18(20-15)21(11-13-3-1-7-23-13)17(22)10-14-4-2-8-24-14/h2,4-6,8-9,13H,1,3,7,10-11H2. The molecule has 0 radical (unpaired) electrons. The van der Waals surface area contributed by atoms with Crippen LogP contribution < -0.4 is 4.90 Å². The molecule has 3 heterocycles. The van der Waals surface area contributed by atoms with Gasteiger partial charge in [-0.05, 0) is 42.5 Å². The van der Waals surface area contributed by atoms with Crippen LogP contribution in [0.5, 0.6) is 0 Å². The van der Waals surface area contributed by atoms with Gasteiger partial charge in [-0.1, -0.05) is 33.3 Å². The molecule has 130 valence electrons. The Morgan fingerprint density at radius 1 is 1.40 bits per heavy atom. The Balaban J connectivity index is 1.63. The van der Waals surface area contributed by atoms with Crippen LogP contribution in [0.4, 0.5) is 5.13 Å². The molecule has 0 spiro atoms. The van der Waals surface area contributed by atoms with Crippen molar-refractivity contribution in [3.63, 3.8) is 0 Å². The Hall–Kier alpha value is -1.28. The minimum atomic E-state index is 0.0797. The molecule has 1 fully saturated rings. The van der Waals surface area contributed by atoms with E-state index in [2.05, 4.69) is 15.9 Å². The van der Waals surface area contributed by atoms with Crippen LogP contribution in [0.25, 0.3) is 10.2 Å². The average Bonchev–Trinajstić information content (AvgIpc) is 3.33. The van der Waals surface area contributed by atoms with Crippen LogP contribution in [0, 0.1) is 0 Å². The smallest absolute Gasteiger partial charge is 0.234 e. The number of halogens is 1. The summed E-state index contributed by atoms with van der Waals surface area (Å²) < 4.78 is 7.86. The second-order valence-electron chi connectivity index (χ2n) is 6.00. The first-order valence-corrected chi connectivity index (χ1v) is 10.7. The molecule has 4 rings (SSSR count). The number of thiophene rings is 1. The molecular formula is C18H17BrN2O2S2. The summed E-state index contributed by atoms with van der Waals surface area (Å²) in [6.45, 7) is 1.36. The number of rotatable bonds is 5. The Bertz CT molecular complexity index is 872. The number of nitrogens with zero attached hydrogens (tertiary/aromatic N) is 2. The van der Waals surface area contributed by atoms with E-state index in [1.165, 1.54) is 0 Å². The Labute approximate surface area is 162 Å². The van der Waals surface area contributed by atoms with Crippen LogP contribution >= 0.6 is 38.6 Å². The normalized spacial score (nSPS) is 17.2. The third kappa shape index (κ3) is 3.95. The minimum Gasteiger partial charge on any atom is -0.376 e. The monoisotopic (exact) mass is 436 g/mol. The van der Waals surface area contributed by atoms with Crippen molar-refractivity contribution >= 4 is 59.9 Å². The molecule has 1 amide bonds. The largest absolute Gasteiger partial charge is 0.376 e. The number of hydrogen-bond acceptors (Lipinski definition) is 5. The lowest BCUT2D eigenvalue weighted by Crippen LogP contribution is -2.38. The van der Waals surface area contributed by atoms with Crippen molar-refractivity contribution in [2.24, 2.45) is 0 Å². The minimum absolute atomic E-state index is 0.0797. The molecule has 0 bridgehead atoms. The third-order valence-corrected chi connectivity index (χ3v) is 6.60. The highest BCUT2D eigenvalue weighted by Crippen LogP contribution is 2.32. The molecule has 7 heteroatoms. The van der Waals surface area contributed by atoms with Gasteiger partial charge in [0.05, 0.1) is 29.3 Å². The molecule has 1 saturated heterocycles. The second-order valence-corrected chi connectivity index (χ2v) is 8.96. The van der Waals surface area contributed by atoms with Gasteiger partial charge in [-0.15, -0.1) is 11.3 Å². The quantitative estimate of drug-likeness (QED) is 0.572. The number of thiazole rings is 1. The van der Waals surface area contributed by atoms with E-state index in [1.807, 2.05) is 40.6 Å². The second kappa shape index (κ2) is 7.53. The van der Waals surface area contributed by atoms with Gasteiger partial charge in [-0.2, -0.15) is 0 Å². The fraction of sp³-hybridized carbons (Fsp3) is 0.333. The maximum absolute atomic E-state index is 13.0. The van der Waals surface area contributed by atoms with Gasteiger partial charge in [0.15, 0.2) is 5.13 Å². The summed E-state index contributed by atoms with van der Waals surface area (Å²) >= 11 is 6.67. The summed E-state index contributed by atoms with van der Waals surface area (Å²) in [4.78, 5) is 20.6. The fourth-order valence-corrected chi connectivity index (χ4v) is 5.18. The first-order chi connectivity index (χ1) is 12.2. The molecule has 1 atom stereocenters. The number of hydrogen-bond donors (Lipinski definition) is 0. The van der Waals surface area contributed by atoms with Gasteiger partial charge in [0.25, 0.3) is 0 Å². The lowest BCUT2D eigenvalue weighted by Gasteiger charge is -2.22. The molecular weight excluding hydrogens is 420 g/mol. The Morgan fingerprint density at radius 2 is 2.32 bits per heavy atom. The topological polar surface area (TPSA) is 42.4 Å². The fourth-order valence-electron chi connectivity index (χ4n) is 2.94. The summed E-state index contributed by atoms with van der Waals surface area (Å²) in [6.07, 6.45) is 2.57. The zero-order valence-corrected chi connectivity index (χ0v) is 16.7. The van der Waals surface area contributed by atoms with E-state index in [0.717, 1.165) is 44.1 Å². The highest BCUT2D eigenvalue weighted by atomic mass is 79.9. The number of carbonyl (C=O) groups is 1. The van der Waals surface area contributed by atoms with Gasteiger partial charge in [-0.3, -0.25) is 9.69 Å². The van der Waals surface area contributed by atoms with Gasteiger partial charge < -0.3 is 4.74 Å². The van der Waals surface area contributed by atoms with Crippen molar-refractivity contribution in [2.75, 3.05) is 18.1 Å². The van der Waals surface area contributed by atoms with Crippen molar-refractivity contribution < 1.29 is 9.53 Å². The lowest BCUT2D eigenvalue weighted by atomic mass is 10.2. The van der Waals surface area contributed by atoms with Gasteiger partial charge >= 0.3 is 0 Å². The van der Waals surface area contributed by atoms with Gasteiger partial charge in [0, 0.05) is 16.0 Å². The summed E-state index contributed by atoms with van der Waals surface area (Å²) in [7, 11) is 0. The molecule has 1 aromatic carbocycles. The van der Waals surface area contributed by atoms with Gasteiger partial charge in [0.1, 0.15) is 0 Å². The van der Waals surface area contributed by atoms with E-state index in [9.17, 15) is 4.79 Å². The van der Waals surface area contributed by atoms with Crippen LogP contribution in [-0.4, -0.2) is 30.1 Å². The molecule has 4 nitrogen and oxygen atoms in total. The lowest BCUT2D eigenvalue weighted by molar-refractivity contribution is -0.118. The van der Waals surface area contributed by atoms with E-state index in [4.69, 9.17) is 9.72 Å². The molecule has 3 aromatic rings. The summed E-state index contributed by atoms with van der Waals surface area (Å²) in [5.74, 6) is 0.0797. The predicted octanol–water partition coefficient (Wildman–Crippen LogP) is 4.88. The Morgan fingerprint density at radius 3 is 3.08 bits per heavy atom. The number of benzene rings is 1. The molecule has 0 saturated carbocycles. The Kier molecular flexibility index (Phi) is 5.17. The molecule has 1 aliphatic heterocycles. The van der Waals surface area contributed by atoms with E-state index in [0.29, 0.717) is 13.0 Å². The highest BCUT2D eigenvalue weighted by Gasteiger charge is 2.26. The van der Waals surface area contributed by atoms with Crippen LogP contribution in [0.3, 0.4) is 0 Å². The van der Waals surface area contributed by atoms with E-state index in [-0.39, 0.29) is 12.0 Å². The maximum atomic E-state index is 13.0. The summed E-state index contributed by atoms with van der Waals surface area (Å²) in [6, 6.07) is 9.98. The number of anilines is 1. The summed E-state index contributed by atoms with van der Waals surface area (Å²) in [5.41, 5.74) is 0.921. The van der Waals surface area contributed by atoms with Crippen molar-refractivity contribution in [2.45, 2.75) is 25.4 Å². The van der Waals surface area contributed by atoms with Gasteiger partial charge in [0.2, 0.25) is 5.91 Å². The zero-order chi connectivity index (χ0) is 17.2.